The molecule has 3 aromatic rings. The van der Waals surface area contributed by atoms with Gasteiger partial charge in [0.1, 0.15) is 16.0 Å². The van der Waals surface area contributed by atoms with Gasteiger partial charge in [-0.2, -0.15) is 0 Å². The molecule has 0 fully saturated rings. The van der Waals surface area contributed by atoms with E-state index in [0.717, 1.165) is 27.0 Å². The zero-order valence-electron chi connectivity index (χ0n) is 12.0. The first-order chi connectivity index (χ1) is 9.91. The minimum Gasteiger partial charge on any atom is -0.333 e. The Morgan fingerprint density at radius 3 is 2.57 bits per heavy atom. The number of H-pyrrole nitrogens is 1. The lowest BCUT2D eigenvalue weighted by Crippen LogP contribution is -2.16. The van der Waals surface area contributed by atoms with E-state index in [1.807, 2.05) is 24.3 Å². The summed E-state index contributed by atoms with van der Waals surface area (Å²) in [6.45, 7) is 6.19. The van der Waals surface area contributed by atoms with Gasteiger partial charge in [-0.05, 0) is 23.9 Å². The van der Waals surface area contributed by atoms with Crippen LogP contribution in [-0.2, 0) is 5.41 Å². The van der Waals surface area contributed by atoms with Gasteiger partial charge >= 0.3 is 0 Å². The second-order valence-electron chi connectivity index (χ2n) is 5.76. The van der Waals surface area contributed by atoms with Crippen molar-refractivity contribution in [3.8, 4) is 0 Å². The van der Waals surface area contributed by atoms with Crippen LogP contribution in [0.4, 0.5) is 0 Å². The third kappa shape index (κ3) is 3.19. The van der Waals surface area contributed by atoms with E-state index >= 15 is 0 Å². The minimum atomic E-state index is -0.145. The molecule has 1 aromatic carbocycles. The number of para-hydroxylation sites is 2. The standard InChI is InChI=1S/C15H15ClN4S/c1-15(2,3)13-19-11(16)8-12(20-13)21-14-17-9-6-4-5-7-10(9)18-14/h4-8H,1-3H3,(H,17,18). The lowest BCUT2D eigenvalue weighted by atomic mass is 9.96. The molecule has 3 rings (SSSR count). The predicted molar refractivity (Wildman–Crippen MR) is 86.0 cm³/mol. The van der Waals surface area contributed by atoms with Gasteiger partial charge in [0.15, 0.2) is 5.16 Å². The van der Waals surface area contributed by atoms with Gasteiger partial charge in [-0.25, -0.2) is 15.0 Å². The Hall–Kier alpha value is -1.59. The molecule has 0 aliphatic carbocycles. The number of benzene rings is 1. The lowest BCUT2D eigenvalue weighted by Gasteiger charge is -2.16. The molecule has 2 aromatic heterocycles. The van der Waals surface area contributed by atoms with E-state index < -0.39 is 0 Å². The largest absolute Gasteiger partial charge is 0.333 e. The molecule has 108 valence electrons. The van der Waals surface area contributed by atoms with Crippen molar-refractivity contribution in [3.63, 3.8) is 0 Å². The second-order valence-corrected chi connectivity index (χ2v) is 7.16. The zero-order chi connectivity index (χ0) is 15.0. The van der Waals surface area contributed by atoms with Gasteiger partial charge in [0.05, 0.1) is 11.0 Å². The number of rotatable bonds is 2. The third-order valence-electron chi connectivity index (χ3n) is 2.91. The Bertz CT molecular complexity index is 759. The molecule has 2 heterocycles. The molecule has 6 heteroatoms. The highest BCUT2D eigenvalue weighted by atomic mass is 35.5. The molecule has 1 N–H and O–H groups in total. The van der Waals surface area contributed by atoms with E-state index in [1.165, 1.54) is 11.8 Å². The van der Waals surface area contributed by atoms with Gasteiger partial charge in [-0.15, -0.1) is 0 Å². The van der Waals surface area contributed by atoms with Gasteiger partial charge in [0, 0.05) is 11.5 Å². The van der Waals surface area contributed by atoms with Gasteiger partial charge in [-0.1, -0.05) is 44.5 Å². The summed E-state index contributed by atoms with van der Waals surface area (Å²) >= 11 is 7.56. The van der Waals surface area contributed by atoms with Crippen LogP contribution in [0.15, 0.2) is 40.5 Å². The summed E-state index contributed by atoms with van der Waals surface area (Å²) in [5.41, 5.74) is 1.81. The fourth-order valence-electron chi connectivity index (χ4n) is 1.86. The Morgan fingerprint density at radius 1 is 1.10 bits per heavy atom. The number of nitrogens with one attached hydrogen (secondary N) is 1. The van der Waals surface area contributed by atoms with E-state index in [1.54, 1.807) is 6.07 Å². The normalized spacial score (nSPS) is 12.0. The fourth-order valence-corrected chi connectivity index (χ4v) is 2.92. The van der Waals surface area contributed by atoms with Crippen LogP contribution in [0.2, 0.25) is 5.15 Å². The van der Waals surface area contributed by atoms with E-state index in [4.69, 9.17) is 11.6 Å². The highest BCUT2D eigenvalue weighted by molar-refractivity contribution is 7.99. The maximum absolute atomic E-state index is 6.11. The number of halogens is 1. The third-order valence-corrected chi connectivity index (χ3v) is 3.91. The zero-order valence-corrected chi connectivity index (χ0v) is 13.6. The molecule has 0 atom stereocenters. The van der Waals surface area contributed by atoms with Crippen LogP contribution in [0.5, 0.6) is 0 Å². The van der Waals surface area contributed by atoms with E-state index in [9.17, 15) is 0 Å². The van der Waals surface area contributed by atoms with Gasteiger partial charge < -0.3 is 4.98 Å². The quantitative estimate of drug-likeness (QED) is 0.709. The van der Waals surface area contributed by atoms with Crippen molar-refractivity contribution in [2.75, 3.05) is 0 Å². The topological polar surface area (TPSA) is 54.5 Å². The molecule has 0 unspecified atom stereocenters. The Balaban J connectivity index is 1.95. The first-order valence-corrected chi connectivity index (χ1v) is 7.79. The molecule has 0 saturated heterocycles. The van der Waals surface area contributed by atoms with Crippen LogP contribution >= 0.6 is 23.4 Å². The molecule has 0 radical (unpaired) electrons. The van der Waals surface area contributed by atoms with Crippen LogP contribution in [-0.4, -0.2) is 19.9 Å². The number of imidazole rings is 1. The summed E-state index contributed by atoms with van der Waals surface area (Å²) < 4.78 is 0. The number of nitrogens with zero attached hydrogens (tertiary/aromatic N) is 3. The van der Waals surface area contributed by atoms with Crippen molar-refractivity contribution in [2.45, 2.75) is 36.4 Å². The lowest BCUT2D eigenvalue weighted by molar-refractivity contribution is 0.538. The monoisotopic (exact) mass is 318 g/mol. The summed E-state index contributed by atoms with van der Waals surface area (Å²) in [5, 5.41) is 2.04. The van der Waals surface area contributed by atoms with Crippen LogP contribution < -0.4 is 0 Å². The summed E-state index contributed by atoms with van der Waals surface area (Å²) in [7, 11) is 0. The van der Waals surface area contributed by atoms with Crippen LogP contribution in [0.25, 0.3) is 11.0 Å². The molecule has 0 spiro atoms. The number of fused-ring (bicyclic) bond motifs is 1. The smallest absolute Gasteiger partial charge is 0.172 e. The summed E-state index contributed by atoms with van der Waals surface area (Å²) in [6, 6.07) is 9.68. The van der Waals surface area contributed by atoms with E-state index in [2.05, 4.69) is 40.7 Å². The van der Waals surface area contributed by atoms with Crippen molar-refractivity contribution in [1.29, 1.82) is 0 Å². The maximum Gasteiger partial charge on any atom is 0.172 e. The van der Waals surface area contributed by atoms with Gasteiger partial charge in [0.25, 0.3) is 0 Å². The van der Waals surface area contributed by atoms with Crippen molar-refractivity contribution in [3.05, 3.63) is 41.3 Å². The number of aromatic amines is 1. The van der Waals surface area contributed by atoms with Gasteiger partial charge in [0.2, 0.25) is 0 Å². The molecule has 0 aliphatic heterocycles. The highest BCUT2D eigenvalue weighted by Crippen LogP contribution is 2.29. The highest BCUT2D eigenvalue weighted by Gasteiger charge is 2.19. The minimum absolute atomic E-state index is 0.145. The molecule has 21 heavy (non-hydrogen) atoms. The molecule has 0 saturated carbocycles. The number of hydrogen-bond donors (Lipinski definition) is 1. The van der Waals surface area contributed by atoms with Crippen molar-refractivity contribution in [2.24, 2.45) is 0 Å². The van der Waals surface area contributed by atoms with Crippen molar-refractivity contribution in [1.82, 2.24) is 19.9 Å². The van der Waals surface area contributed by atoms with E-state index in [-0.39, 0.29) is 5.41 Å². The summed E-state index contributed by atoms with van der Waals surface area (Å²) in [4.78, 5) is 16.7. The van der Waals surface area contributed by atoms with Crippen LogP contribution in [0, 0.1) is 0 Å². The van der Waals surface area contributed by atoms with Crippen LogP contribution in [0.3, 0.4) is 0 Å². The predicted octanol–water partition coefficient (Wildman–Crippen LogP) is 4.46. The molecule has 4 nitrogen and oxygen atoms in total. The van der Waals surface area contributed by atoms with Crippen molar-refractivity contribution >= 4 is 34.4 Å². The van der Waals surface area contributed by atoms with Crippen molar-refractivity contribution < 1.29 is 0 Å². The first-order valence-electron chi connectivity index (χ1n) is 6.59. The van der Waals surface area contributed by atoms with Crippen LogP contribution in [0.1, 0.15) is 26.6 Å². The number of aromatic nitrogens is 4. The molecule has 0 bridgehead atoms. The Kier molecular flexibility index (Phi) is 3.63. The van der Waals surface area contributed by atoms with E-state index in [0.29, 0.717) is 5.15 Å². The molecule has 0 amide bonds. The SMILES string of the molecule is CC(C)(C)c1nc(Cl)cc(Sc2nc3ccccc3[nH]2)n1. The Morgan fingerprint density at radius 2 is 1.86 bits per heavy atom. The summed E-state index contributed by atoms with van der Waals surface area (Å²) in [5.74, 6) is 0.730. The number of hydrogen-bond acceptors (Lipinski definition) is 4. The molecule has 0 aliphatic rings. The summed E-state index contributed by atoms with van der Waals surface area (Å²) in [6.07, 6.45) is 0. The fraction of sp³-hybridized carbons (Fsp3) is 0.267. The second kappa shape index (κ2) is 5.31. The average Bonchev–Trinajstić information content (AvgIpc) is 2.79. The first kappa shape index (κ1) is 14.4. The Labute approximate surface area is 132 Å². The maximum atomic E-state index is 6.11. The van der Waals surface area contributed by atoms with Gasteiger partial charge in [-0.3, -0.25) is 0 Å². The molecular formula is C15H15ClN4S. The molecular weight excluding hydrogens is 304 g/mol. The average molecular weight is 319 g/mol.